The first-order valence-corrected chi connectivity index (χ1v) is 8.11. The van der Waals surface area contributed by atoms with Crippen molar-refractivity contribution in [2.24, 2.45) is 0 Å². The van der Waals surface area contributed by atoms with Gasteiger partial charge in [-0.1, -0.05) is 31.5 Å². The van der Waals surface area contributed by atoms with Crippen molar-refractivity contribution in [1.82, 2.24) is 5.32 Å². The van der Waals surface area contributed by atoms with Crippen LogP contribution in [0.25, 0.3) is 10.4 Å². The normalized spacial score (nSPS) is 11.2. The highest BCUT2D eigenvalue weighted by molar-refractivity contribution is 14.1. The minimum Gasteiger partial charge on any atom is -0.310 e. The molecule has 1 heterocycles. The minimum absolute atomic E-state index is 0.512. The van der Waals surface area contributed by atoms with E-state index in [4.69, 9.17) is 11.6 Å². The maximum Gasteiger partial charge on any atom is 0.0503 e. The van der Waals surface area contributed by atoms with Crippen molar-refractivity contribution >= 4 is 45.5 Å². The molecular weight excluding hydrogens is 377 g/mol. The molecule has 0 bridgehead atoms. The second kappa shape index (κ2) is 6.37. The molecule has 0 saturated heterocycles. The van der Waals surface area contributed by atoms with Gasteiger partial charge in [0.05, 0.1) is 5.02 Å². The van der Waals surface area contributed by atoms with Gasteiger partial charge >= 0.3 is 0 Å². The molecule has 0 unspecified atom stereocenters. The van der Waals surface area contributed by atoms with Crippen LogP contribution in [0.3, 0.4) is 0 Å². The Bertz CT molecular complexity index is 536. The summed E-state index contributed by atoms with van der Waals surface area (Å²) in [4.78, 5) is 2.57. The highest BCUT2D eigenvalue weighted by Crippen LogP contribution is 2.34. The highest BCUT2D eigenvalue weighted by atomic mass is 127. The number of hydrogen-bond acceptors (Lipinski definition) is 2. The van der Waals surface area contributed by atoms with Crippen LogP contribution < -0.4 is 5.32 Å². The number of benzene rings is 1. The monoisotopic (exact) mass is 391 g/mol. The Morgan fingerprint density at radius 2 is 2.06 bits per heavy atom. The first-order valence-electron chi connectivity index (χ1n) is 5.84. The number of thiophene rings is 1. The summed E-state index contributed by atoms with van der Waals surface area (Å²) in [7, 11) is 0. The summed E-state index contributed by atoms with van der Waals surface area (Å²) in [5.41, 5.74) is 1.12. The van der Waals surface area contributed by atoms with E-state index in [1.807, 2.05) is 6.07 Å². The Hall–Kier alpha value is -0.100. The van der Waals surface area contributed by atoms with E-state index in [0.29, 0.717) is 6.04 Å². The van der Waals surface area contributed by atoms with E-state index >= 15 is 0 Å². The Labute approximate surface area is 131 Å². The third-order valence-corrected chi connectivity index (χ3v) is 4.65. The second-order valence-electron chi connectivity index (χ2n) is 4.43. The van der Waals surface area contributed by atoms with Crippen molar-refractivity contribution in [3.8, 4) is 10.4 Å². The average Bonchev–Trinajstić information content (AvgIpc) is 2.75. The highest BCUT2D eigenvalue weighted by Gasteiger charge is 2.07. The first-order chi connectivity index (χ1) is 8.56. The molecule has 18 heavy (non-hydrogen) atoms. The summed E-state index contributed by atoms with van der Waals surface area (Å²) in [6, 6.07) is 11.0. The van der Waals surface area contributed by atoms with Gasteiger partial charge in [-0.25, -0.2) is 0 Å². The Morgan fingerprint density at radius 1 is 1.28 bits per heavy atom. The SMILES string of the molecule is CC(C)NCc1ccc(-c2ccc(I)cc2Cl)s1. The third-order valence-electron chi connectivity index (χ3n) is 2.54. The van der Waals surface area contributed by atoms with Crippen molar-refractivity contribution < 1.29 is 0 Å². The molecule has 2 rings (SSSR count). The van der Waals surface area contributed by atoms with E-state index < -0.39 is 0 Å². The summed E-state index contributed by atoms with van der Waals surface area (Å²) in [6.07, 6.45) is 0. The molecule has 0 radical (unpaired) electrons. The zero-order chi connectivity index (χ0) is 13.1. The molecule has 0 amide bonds. The summed E-state index contributed by atoms with van der Waals surface area (Å²) in [6.45, 7) is 5.24. The molecule has 1 N–H and O–H groups in total. The van der Waals surface area contributed by atoms with Crippen LogP contribution in [0.4, 0.5) is 0 Å². The van der Waals surface area contributed by atoms with Gasteiger partial charge in [0.15, 0.2) is 0 Å². The fourth-order valence-corrected chi connectivity index (χ4v) is 3.62. The first kappa shape index (κ1) is 14.3. The predicted molar refractivity (Wildman–Crippen MR) is 89.5 cm³/mol. The summed E-state index contributed by atoms with van der Waals surface area (Å²) in [5.74, 6) is 0. The number of halogens is 2. The van der Waals surface area contributed by atoms with E-state index in [0.717, 1.165) is 17.1 Å². The molecule has 2 aromatic rings. The maximum absolute atomic E-state index is 6.29. The van der Waals surface area contributed by atoms with Gasteiger partial charge in [0.1, 0.15) is 0 Å². The van der Waals surface area contributed by atoms with E-state index in [9.17, 15) is 0 Å². The van der Waals surface area contributed by atoms with Crippen LogP contribution in [0, 0.1) is 3.57 Å². The summed E-state index contributed by atoms with van der Waals surface area (Å²) >= 11 is 10.4. The van der Waals surface area contributed by atoms with E-state index in [-0.39, 0.29) is 0 Å². The molecule has 0 aliphatic heterocycles. The Kier molecular flexibility index (Phi) is 5.06. The molecule has 0 spiro atoms. The number of nitrogens with one attached hydrogen (secondary N) is 1. The molecule has 0 aliphatic carbocycles. The Morgan fingerprint density at radius 3 is 2.72 bits per heavy atom. The van der Waals surface area contributed by atoms with Gasteiger partial charge < -0.3 is 5.32 Å². The molecule has 96 valence electrons. The van der Waals surface area contributed by atoms with E-state index in [2.05, 4.69) is 66.0 Å². The van der Waals surface area contributed by atoms with Crippen molar-refractivity contribution in [3.05, 3.63) is 43.8 Å². The van der Waals surface area contributed by atoms with Crippen molar-refractivity contribution in [3.63, 3.8) is 0 Å². The van der Waals surface area contributed by atoms with Crippen molar-refractivity contribution in [2.75, 3.05) is 0 Å². The van der Waals surface area contributed by atoms with Gasteiger partial charge in [0, 0.05) is 31.5 Å². The lowest BCUT2D eigenvalue weighted by Gasteiger charge is -2.05. The fourth-order valence-electron chi connectivity index (χ4n) is 1.61. The van der Waals surface area contributed by atoms with E-state index in [1.165, 1.54) is 13.3 Å². The zero-order valence-corrected chi connectivity index (χ0v) is 14.1. The maximum atomic E-state index is 6.29. The third kappa shape index (κ3) is 3.70. The molecule has 0 aliphatic rings. The molecule has 4 heteroatoms. The lowest BCUT2D eigenvalue weighted by Crippen LogP contribution is -2.21. The topological polar surface area (TPSA) is 12.0 Å². The van der Waals surface area contributed by atoms with Crippen LogP contribution in [0.15, 0.2) is 30.3 Å². The van der Waals surface area contributed by atoms with Gasteiger partial charge in [0.2, 0.25) is 0 Å². The number of rotatable bonds is 4. The van der Waals surface area contributed by atoms with Gasteiger partial charge in [0.25, 0.3) is 0 Å². The fraction of sp³-hybridized carbons (Fsp3) is 0.286. The van der Waals surface area contributed by atoms with Gasteiger partial charge in [-0.2, -0.15) is 0 Å². The van der Waals surface area contributed by atoms with Crippen molar-refractivity contribution in [1.29, 1.82) is 0 Å². The van der Waals surface area contributed by atoms with Crippen LogP contribution in [0.1, 0.15) is 18.7 Å². The van der Waals surface area contributed by atoms with Crippen LogP contribution in [0.2, 0.25) is 5.02 Å². The van der Waals surface area contributed by atoms with Crippen LogP contribution in [-0.2, 0) is 6.54 Å². The summed E-state index contributed by atoms with van der Waals surface area (Å²) < 4.78 is 1.17. The zero-order valence-electron chi connectivity index (χ0n) is 10.3. The van der Waals surface area contributed by atoms with Gasteiger partial charge in [-0.05, 0) is 46.9 Å². The quantitative estimate of drug-likeness (QED) is 0.709. The van der Waals surface area contributed by atoms with Crippen molar-refractivity contribution in [2.45, 2.75) is 26.4 Å². The largest absolute Gasteiger partial charge is 0.310 e. The van der Waals surface area contributed by atoms with Crippen LogP contribution in [0.5, 0.6) is 0 Å². The Balaban J connectivity index is 2.18. The van der Waals surface area contributed by atoms with Gasteiger partial charge in [-0.3, -0.25) is 0 Å². The standard InChI is InChI=1S/C14H15ClINS/c1-9(2)17-8-11-4-6-14(18-11)12-5-3-10(16)7-13(12)15/h3-7,9,17H,8H2,1-2H3. The van der Waals surface area contributed by atoms with Crippen LogP contribution >= 0.6 is 45.5 Å². The predicted octanol–water partition coefficient (Wildman–Crippen LogP) is 5.17. The average molecular weight is 392 g/mol. The minimum atomic E-state index is 0.512. The second-order valence-corrected chi connectivity index (χ2v) is 7.25. The lowest BCUT2D eigenvalue weighted by molar-refractivity contribution is 0.593. The molecule has 1 aromatic heterocycles. The molecular formula is C14H15ClINS. The molecule has 0 atom stereocenters. The number of hydrogen-bond donors (Lipinski definition) is 1. The lowest BCUT2D eigenvalue weighted by atomic mass is 10.2. The van der Waals surface area contributed by atoms with E-state index in [1.54, 1.807) is 11.3 Å². The molecule has 1 nitrogen and oxygen atoms in total. The summed E-state index contributed by atoms with van der Waals surface area (Å²) in [5, 5.41) is 4.25. The molecule has 0 fully saturated rings. The molecule has 0 saturated carbocycles. The van der Waals surface area contributed by atoms with Gasteiger partial charge in [-0.15, -0.1) is 11.3 Å². The molecule has 1 aromatic carbocycles. The smallest absolute Gasteiger partial charge is 0.0503 e. The van der Waals surface area contributed by atoms with Crippen LogP contribution in [-0.4, -0.2) is 6.04 Å².